The van der Waals surface area contributed by atoms with Crippen molar-refractivity contribution in [2.75, 3.05) is 5.43 Å². The van der Waals surface area contributed by atoms with Gasteiger partial charge in [-0.15, -0.1) is 0 Å². The molecule has 1 aromatic heterocycles. The second-order valence-electron chi connectivity index (χ2n) is 3.95. The molecule has 2 rings (SSSR count). The largest absolute Gasteiger partial charge is 0.494 e. The molecular weight excluding hydrogens is 284 g/mol. The molecule has 8 heteroatoms. The van der Waals surface area contributed by atoms with Crippen molar-refractivity contribution < 1.29 is 5.11 Å². The molecule has 0 saturated heterocycles. The summed E-state index contributed by atoms with van der Waals surface area (Å²) in [7, 11) is 0. The predicted molar refractivity (Wildman–Crippen MR) is 76.6 cm³/mol. The van der Waals surface area contributed by atoms with Crippen LogP contribution in [0.4, 0.5) is 5.69 Å². The lowest BCUT2D eigenvalue weighted by molar-refractivity contribution is 0.447. The minimum absolute atomic E-state index is 0.105. The minimum atomic E-state index is -0.783. The van der Waals surface area contributed by atoms with Gasteiger partial charge >= 0.3 is 5.69 Å². The maximum atomic E-state index is 11.6. The van der Waals surface area contributed by atoms with Gasteiger partial charge in [-0.3, -0.25) is 20.2 Å². The molecule has 0 aliphatic rings. The van der Waals surface area contributed by atoms with Crippen LogP contribution in [0.1, 0.15) is 12.5 Å². The van der Waals surface area contributed by atoms with E-state index >= 15 is 0 Å². The first kappa shape index (κ1) is 13.9. The zero-order valence-electron chi connectivity index (χ0n) is 10.4. The van der Waals surface area contributed by atoms with E-state index in [1.165, 1.54) is 6.92 Å². The third kappa shape index (κ3) is 3.07. The Kier molecular flexibility index (Phi) is 3.90. The molecule has 4 N–H and O–H groups in total. The van der Waals surface area contributed by atoms with Crippen LogP contribution in [0.25, 0.3) is 0 Å². The van der Waals surface area contributed by atoms with Crippen molar-refractivity contribution in [2.24, 2.45) is 5.10 Å². The van der Waals surface area contributed by atoms with Gasteiger partial charge in [0.25, 0.3) is 5.56 Å². The molecule has 0 radical (unpaired) electrons. The highest BCUT2D eigenvalue weighted by molar-refractivity contribution is 6.30. The molecule has 1 heterocycles. The summed E-state index contributed by atoms with van der Waals surface area (Å²) in [5, 5.41) is 14.1. The van der Waals surface area contributed by atoms with E-state index in [0.717, 1.165) is 0 Å². The van der Waals surface area contributed by atoms with Crippen LogP contribution in [0.15, 0.2) is 39.0 Å². The molecule has 0 unspecified atom stereocenters. The van der Waals surface area contributed by atoms with Crippen molar-refractivity contribution >= 4 is 23.0 Å². The lowest BCUT2D eigenvalue weighted by atomic mass is 10.2. The third-order valence-corrected chi connectivity index (χ3v) is 2.73. The van der Waals surface area contributed by atoms with E-state index in [1.807, 2.05) is 4.98 Å². The number of hydrogen-bond donors (Lipinski definition) is 4. The fraction of sp³-hybridized carbons (Fsp3) is 0.0833. The van der Waals surface area contributed by atoms with Gasteiger partial charge in [-0.05, 0) is 31.2 Å². The summed E-state index contributed by atoms with van der Waals surface area (Å²) in [6, 6.07) is 6.77. The average Bonchev–Trinajstić information content (AvgIpc) is 2.37. The molecule has 0 atom stereocenters. The monoisotopic (exact) mass is 294 g/mol. The van der Waals surface area contributed by atoms with Crippen LogP contribution in [0.2, 0.25) is 5.02 Å². The Balaban J connectivity index is 2.29. The molecule has 7 nitrogen and oxygen atoms in total. The number of benzene rings is 1. The van der Waals surface area contributed by atoms with Crippen LogP contribution in [-0.2, 0) is 0 Å². The molecule has 0 amide bonds. The van der Waals surface area contributed by atoms with Crippen molar-refractivity contribution in [2.45, 2.75) is 6.92 Å². The first-order valence-corrected chi connectivity index (χ1v) is 5.97. The molecule has 20 heavy (non-hydrogen) atoms. The molecule has 0 saturated carbocycles. The summed E-state index contributed by atoms with van der Waals surface area (Å²) >= 11 is 5.75. The van der Waals surface area contributed by atoms with Crippen LogP contribution in [0.3, 0.4) is 0 Å². The van der Waals surface area contributed by atoms with Gasteiger partial charge in [0, 0.05) is 5.02 Å². The summed E-state index contributed by atoms with van der Waals surface area (Å²) < 4.78 is 0. The van der Waals surface area contributed by atoms with Crippen LogP contribution in [0, 0.1) is 0 Å². The quantitative estimate of drug-likeness (QED) is 0.504. The molecule has 1 aromatic carbocycles. The molecule has 0 fully saturated rings. The maximum Gasteiger partial charge on any atom is 0.328 e. The highest BCUT2D eigenvalue weighted by Gasteiger charge is 2.11. The van der Waals surface area contributed by atoms with Crippen LogP contribution in [0.5, 0.6) is 5.88 Å². The highest BCUT2D eigenvalue weighted by atomic mass is 35.5. The highest BCUT2D eigenvalue weighted by Crippen LogP contribution is 2.14. The number of nitrogens with zero attached hydrogens (tertiary/aromatic N) is 1. The Morgan fingerprint density at radius 1 is 1.25 bits per heavy atom. The Morgan fingerprint density at radius 2 is 1.90 bits per heavy atom. The number of nitrogens with one attached hydrogen (secondary N) is 3. The lowest BCUT2D eigenvalue weighted by Gasteiger charge is -2.04. The normalized spacial score (nSPS) is 11.4. The maximum absolute atomic E-state index is 11.6. The summed E-state index contributed by atoms with van der Waals surface area (Å²) in [4.78, 5) is 26.7. The molecule has 0 aliphatic heterocycles. The number of hydrazone groups is 1. The topological polar surface area (TPSA) is 110 Å². The third-order valence-electron chi connectivity index (χ3n) is 2.48. The molecule has 2 aromatic rings. The van der Waals surface area contributed by atoms with E-state index in [2.05, 4.69) is 15.5 Å². The molecular formula is C12H11ClN4O3. The van der Waals surface area contributed by atoms with Gasteiger partial charge < -0.3 is 5.11 Å². The lowest BCUT2D eigenvalue weighted by Crippen LogP contribution is -2.27. The van der Waals surface area contributed by atoms with Gasteiger partial charge in [0.2, 0.25) is 5.88 Å². The number of rotatable bonds is 3. The first-order chi connectivity index (χ1) is 9.47. The first-order valence-electron chi connectivity index (χ1n) is 5.59. The Hall–Kier alpha value is -2.54. The van der Waals surface area contributed by atoms with Crippen LogP contribution in [-0.4, -0.2) is 20.8 Å². The second kappa shape index (κ2) is 5.62. The minimum Gasteiger partial charge on any atom is -0.494 e. The van der Waals surface area contributed by atoms with Gasteiger partial charge in [0.05, 0.1) is 11.4 Å². The van der Waals surface area contributed by atoms with Gasteiger partial charge in [-0.2, -0.15) is 5.10 Å². The summed E-state index contributed by atoms with van der Waals surface area (Å²) in [6.45, 7) is 1.52. The average molecular weight is 295 g/mol. The summed E-state index contributed by atoms with van der Waals surface area (Å²) in [5.74, 6) is -0.530. The van der Waals surface area contributed by atoms with Gasteiger partial charge in [0.15, 0.2) is 0 Å². The fourth-order valence-electron chi connectivity index (χ4n) is 1.54. The standard InChI is InChI=1S/C12H11ClN4O3/c1-6(9-10(18)14-12(20)15-11(9)19)16-17-8-4-2-7(13)3-5-8/h2-5,17H,1H3,(H3,14,15,18,19,20). The number of anilines is 1. The van der Waals surface area contributed by atoms with E-state index in [-0.39, 0.29) is 11.3 Å². The number of aromatic hydroxyl groups is 1. The van der Waals surface area contributed by atoms with E-state index in [4.69, 9.17) is 11.6 Å². The SMILES string of the molecule is CC(=NNc1ccc(Cl)cc1)c1c(O)[nH]c(=O)[nH]c1=O. The van der Waals surface area contributed by atoms with Crippen molar-refractivity contribution in [3.8, 4) is 5.88 Å². The number of aromatic nitrogens is 2. The predicted octanol–water partition coefficient (Wildman–Crippen LogP) is 1.26. The van der Waals surface area contributed by atoms with Gasteiger partial charge in [-0.25, -0.2) is 4.79 Å². The van der Waals surface area contributed by atoms with Gasteiger partial charge in [-0.1, -0.05) is 11.6 Å². The Bertz CT molecular complexity index is 762. The molecule has 0 spiro atoms. The Morgan fingerprint density at radius 3 is 2.50 bits per heavy atom. The van der Waals surface area contributed by atoms with Crippen LogP contribution >= 0.6 is 11.6 Å². The van der Waals surface area contributed by atoms with Crippen molar-refractivity contribution in [3.63, 3.8) is 0 Å². The number of aromatic amines is 2. The Labute approximate surface area is 117 Å². The summed E-state index contributed by atoms with van der Waals surface area (Å²) in [5.41, 5.74) is 1.99. The second-order valence-corrected chi connectivity index (χ2v) is 4.38. The zero-order chi connectivity index (χ0) is 14.7. The van der Waals surface area contributed by atoms with E-state index < -0.39 is 17.1 Å². The molecule has 0 aliphatic carbocycles. The van der Waals surface area contributed by atoms with E-state index in [0.29, 0.717) is 10.7 Å². The van der Waals surface area contributed by atoms with Crippen molar-refractivity contribution in [1.29, 1.82) is 0 Å². The molecule has 104 valence electrons. The fourth-order valence-corrected chi connectivity index (χ4v) is 1.66. The summed E-state index contributed by atoms with van der Waals surface area (Å²) in [6.07, 6.45) is 0. The molecule has 0 bridgehead atoms. The number of hydrogen-bond acceptors (Lipinski definition) is 5. The smallest absolute Gasteiger partial charge is 0.328 e. The number of H-pyrrole nitrogens is 2. The van der Waals surface area contributed by atoms with Crippen molar-refractivity contribution in [3.05, 3.63) is 55.7 Å². The van der Waals surface area contributed by atoms with Crippen LogP contribution < -0.4 is 16.7 Å². The zero-order valence-corrected chi connectivity index (χ0v) is 11.2. The number of halogens is 1. The van der Waals surface area contributed by atoms with E-state index in [9.17, 15) is 14.7 Å². The van der Waals surface area contributed by atoms with Crippen molar-refractivity contribution in [1.82, 2.24) is 9.97 Å². The van der Waals surface area contributed by atoms with Gasteiger partial charge in [0.1, 0.15) is 5.56 Å². The van der Waals surface area contributed by atoms with E-state index in [1.54, 1.807) is 24.3 Å².